The van der Waals surface area contributed by atoms with E-state index < -0.39 is 0 Å². The summed E-state index contributed by atoms with van der Waals surface area (Å²) in [6.07, 6.45) is 6.25. The number of benzene rings is 1. The number of hydrogen-bond donors (Lipinski definition) is 1. The van der Waals surface area contributed by atoms with Gasteiger partial charge in [0.2, 0.25) is 0 Å². The van der Waals surface area contributed by atoms with Gasteiger partial charge in [0.25, 0.3) is 0 Å². The molecular formula is C15H22N2O. The van der Waals surface area contributed by atoms with E-state index in [1.165, 1.54) is 32.1 Å². The summed E-state index contributed by atoms with van der Waals surface area (Å²) in [6, 6.07) is 7.81. The molecule has 0 aromatic heterocycles. The number of ether oxygens (including phenoxy) is 1. The predicted molar refractivity (Wildman–Crippen MR) is 75.5 cm³/mol. The Labute approximate surface area is 109 Å². The highest BCUT2D eigenvalue weighted by atomic mass is 16.5. The van der Waals surface area contributed by atoms with E-state index in [0.717, 1.165) is 17.3 Å². The Bertz CT molecular complexity index is 409. The Hall–Kier alpha value is -1.51. The molecule has 0 unspecified atom stereocenters. The molecule has 0 radical (unpaired) electrons. The van der Waals surface area contributed by atoms with Crippen molar-refractivity contribution in [2.75, 3.05) is 6.61 Å². The molecule has 1 saturated carbocycles. The van der Waals surface area contributed by atoms with Crippen LogP contribution in [0.15, 0.2) is 29.3 Å². The molecule has 0 bridgehead atoms. The van der Waals surface area contributed by atoms with Crippen LogP contribution >= 0.6 is 0 Å². The third kappa shape index (κ3) is 3.49. The van der Waals surface area contributed by atoms with Crippen LogP contribution in [0.5, 0.6) is 5.75 Å². The number of rotatable bonds is 4. The Morgan fingerprint density at radius 2 is 2.11 bits per heavy atom. The van der Waals surface area contributed by atoms with Gasteiger partial charge in [0, 0.05) is 12.0 Å². The fourth-order valence-corrected chi connectivity index (χ4v) is 2.45. The maximum atomic E-state index is 6.11. The second-order valence-electron chi connectivity index (χ2n) is 4.80. The zero-order valence-corrected chi connectivity index (χ0v) is 11.1. The average molecular weight is 246 g/mol. The number of nitrogens with zero attached hydrogens (tertiary/aromatic N) is 1. The fourth-order valence-electron chi connectivity index (χ4n) is 2.45. The smallest absolute Gasteiger partial charge is 0.121 e. The van der Waals surface area contributed by atoms with Crippen LogP contribution in [-0.2, 0) is 0 Å². The molecule has 0 aliphatic heterocycles. The summed E-state index contributed by atoms with van der Waals surface area (Å²) in [5, 5.41) is 0. The van der Waals surface area contributed by atoms with Crippen molar-refractivity contribution in [3.8, 4) is 5.75 Å². The minimum Gasteiger partial charge on any atom is -0.494 e. The van der Waals surface area contributed by atoms with E-state index in [9.17, 15) is 0 Å². The average Bonchev–Trinajstić information content (AvgIpc) is 2.40. The van der Waals surface area contributed by atoms with Crippen LogP contribution in [0.4, 0.5) is 5.69 Å². The Kier molecular flexibility index (Phi) is 4.62. The molecule has 18 heavy (non-hydrogen) atoms. The third-order valence-corrected chi connectivity index (χ3v) is 3.41. The Morgan fingerprint density at radius 1 is 1.33 bits per heavy atom. The van der Waals surface area contributed by atoms with Crippen molar-refractivity contribution in [2.45, 2.75) is 39.0 Å². The summed E-state index contributed by atoms with van der Waals surface area (Å²) < 4.78 is 5.46. The Balaban J connectivity index is 2.08. The minimum absolute atomic E-state index is 0.467. The van der Waals surface area contributed by atoms with Gasteiger partial charge in [0.1, 0.15) is 11.6 Å². The van der Waals surface area contributed by atoms with Crippen LogP contribution in [0.3, 0.4) is 0 Å². The van der Waals surface area contributed by atoms with Crippen molar-refractivity contribution in [1.29, 1.82) is 0 Å². The number of amidine groups is 1. The molecule has 0 spiro atoms. The normalized spacial score (nSPS) is 17.7. The largest absolute Gasteiger partial charge is 0.494 e. The lowest BCUT2D eigenvalue weighted by atomic mass is 9.88. The van der Waals surface area contributed by atoms with Crippen molar-refractivity contribution in [3.05, 3.63) is 24.3 Å². The molecule has 0 amide bonds. The number of nitrogens with two attached hydrogens (primary N) is 1. The van der Waals surface area contributed by atoms with E-state index in [1.807, 2.05) is 31.2 Å². The molecule has 3 nitrogen and oxygen atoms in total. The monoisotopic (exact) mass is 246 g/mol. The van der Waals surface area contributed by atoms with Crippen molar-refractivity contribution in [2.24, 2.45) is 16.6 Å². The quantitative estimate of drug-likeness (QED) is 0.651. The molecule has 1 fully saturated rings. The van der Waals surface area contributed by atoms with Crippen LogP contribution in [0.1, 0.15) is 39.0 Å². The second kappa shape index (κ2) is 6.43. The number of hydrogen-bond acceptors (Lipinski definition) is 2. The van der Waals surface area contributed by atoms with Gasteiger partial charge in [-0.3, -0.25) is 0 Å². The summed E-state index contributed by atoms with van der Waals surface area (Å²) in [7, 11) is 0. The van der Waals surface area contributed by atoms with E-state index >= 15 is 0 Å². The van der Waals surface area contributed by atoms with Crippen LogP contribution in [-0.4, -0.2) is 12.4 Å². The molecule has 0 heterocycles. The van der Waals surface area contributed by atoms with Gasteiger partial charge >= 0.3 is 0 Å². The van der Waals surface area contributed by atoms with Gasteiger partial charge in [-0.25, -0.2) is 4.99 Å². The summed E-state index contributed by atoms with van der Waals surface area (Å²) >= 11 is 0. The second-order valence-corrected chi connectivity index (χ2v) is 4.80. The zero-order chi connectivity index (χ0) is 12.8. The third-order valence-electron chi connectivity index (χ3n) is 3.41. The SMILES string of the molecule is CCOc1cccc(N=C(N)C2CCCCC2)c1. The van der Waals surface area contributed by atoms with E-state index in [0.29, 0.717) is 12.5 Å². The van der Waals surface area contributed by atoms with E-state index in [2.05, 4.69) is 4.99 Å². The number of aliphatic imine (C=N–C) groups is 1. The molecule has 2 N–H and O–H groups in total. The predicted octanol–water partition coefficient (Wildman–Crippen LogP) is 3.65. The lowest BCUT2D eigenvalue weighted by molar-refractivity contribution is 0.340. The molecular weight excluding hydrogens is 224 g/mol. The van der Waals surface area contributed by atoms with Crippen molar-refractivity contribution >= 4 is 11.5 Å². The van der Waals surface area contributed by atoms with Crippen molar-refractivity contribution < 1.29 is 4.74 Å². The van der Waals surface area contributed by atoms with Gasteiger partial charge in [-0.1, -0.05) is 25.3 Å². The van der Waals surface area contributed by atoms with Crippen molar-refractivity contribution in [3.63, 3.8) is 0 Å². The molecule has 1 aromatic rings. The van der Waals surface area contributed by atoms with Gasteiger partial charge in [-0.05, 0) is 31.9 Å². The van der Waals surface area contributed by atoms with Crippen LogP contribution in [0, 0.1) is 5.92 Å². The van der Waals surface area contributed by atoms with Gasteiger partial charge in [0.05, 0.1) is 12.3 Å². The van der Waals surface area contributed by atoms with Gasteiger partial charge in [0.15, 0.2) is 0 Å². The van der Waals surface area contributed by atoms with Gasteiger partial charge in [-0.2, -0.15) is 0 Å². The maximum Gasteiger partial charge on any atom is 0.121 e. The maximum absolute atomic E-state index is 6.11. The summed E-state index contributed by atoms with van der Waals surface area (Å²) in [6.45, 7) is 2.65. The van der Waals surface area contributed by atoms with Gasteiger partial charge < -0.3 is 10.5 Å². The molecule has 1 aliphatic carbocycles. The molecule has 98 valence electrons. The first kappa shape index (κ1) is 12.9. The molecule has 0 atom stereocenters. The standard InChI is InChI=1S/C15H22N2O/c1-2-18-14-10-6-9-13(11-14)17-15(16)12-7-4-3-5-8-12/h6,9-12H,2-5,7-8H2,1H3,(H2,16,17). The summed E-state index contributed by atoms with van der Waals surface area (Å²) in [4.78, 5) is 4.54. The molecule has 3 heteroatoms. The highest BCUT2D eigenvalue weighted by Crippen LogP contribution is 2.26. The lowest BCUT2D eigenvalue weighted by Gasteiger charge is -2.20. The fraction of sp³-hybridized carbons (Fsp3) is 0.533. The highest BCUT2D eigenvalue weighted by Gasteiger charge is 2.16. The lowest BCUT2D eigenvalue weighted by Crippen LogP contribution is -2.25. The zero-order valence-electron chi connectivity index (χ0n) is 11.1. The van der Waals surface area contributed by atoms with Crippen LogP contribution < -0.4 is 10.5 Å². The highest BCUT2D eigenvalue weighted by molar-refractivity contribution is 5.85. The topological polar surface area (TPSA) is 47.6 Å². The molecule has 2 rings (SSSR count). The minimum atomic E-state index is 0.467. The Morgan fingerprint density at radius 3 is 2.83 bits per heavy atom. The first-order valence-corrected chi connectivity index (χ1v) is 6.86. The summed E-state index contributed by atoms with van der Waals surface area (Å²) in [5.41, 5.74) is 7.01. The van der Waals surface area contributed by atoms with E-state index in [1.54, 1.807) is 0 Å². The van der Waals surface area contributed by atoms with E-state index in [4.69, 9.17) is 10.5 Å². The molecule has 1 aromatic carbocycles. The van der Waals surface area contributed by atoms with E-state index in [-0.39, 0.29) is 0 Å². The molecule has 0 saturated heterocycles. The first-order valence-electron chi connectivity index (χ1n) is 6.86. The summed E-state index contributed by atoms with van der Waals surface area (Å²) in [5.74, 6) is 2.10. The first-order chi connectivity index (χ1) is 8.79. The molecule has 1 aliphatic rings. The van der Waals surface area contributed by atoms with Gasteiger partial charge in [-0.15, -0.1) is 0 Å². The van der Waals surface area contributed by atoms with Crippen molar-refractivity contribution in [1.82, 2.24) is 0 Å². The van der Waals surface area contributed by atoms with Crippen LogP contribution in [0.2, 0.25) is 0 Å². The van der Waals surface area contributed by atoms with Crippen LogP contribution in [0.25, 0.3) is 0 Å².